The van der Waals surface area contributed by atoms with Gasteiger partial charge in [0, 0.05) is 37.1 Å². The number of hydrogen-bond donors (Lipinski definition) is 3. The highest BCUT2D eigenvalue weighted by atomic mass is 127. The van der Waals surface area contributed by atoms with Crippen molar-refractivity contribution in [1.29, 1.82) is 0 Å². The lowest BCUT2D eigenvalue weighted by Crippen LogP contribution is -2.51. The van der Waals surface area contributed by atoms with E-state index >= 15 is 0 Å². The third kappa shape index (κ3) is 6.67. The molecule has 152 valence electrons. The van der Waals surface area contributed by atoms with Crippen LogP contribution in [0.1, 0.15) is 26.2 Å². The van der Waals surface area contributed by atoms with Gasteiger partial charge in [-0.2, -0.15) is 11.8 Å². The molecule has 0 radical (unpaired) electrons. The number of rotatable bonds is 5. The van der Waals surface area contributed by atoms with E-state index in [1.807, 2.05) is 13.0 Å². The summed E-state index contributed by atoms with van der Waals surface area (Å²) < 4.78 is 13.5. The molecule has 0 spiro atoms. The van der Waals surface area contributed by atoms with Crippen LogP contribution in [0.5, 0.6) is 0 Å². The predicted octanol–water partition coefficient (Wildman–Crippen LogP) is 2.84. The first-order valence-electron chi connectivity index (χ1n) is 9.43. The number of halogens is 2. The van der Waals surface area contributed by atoms with Crippen LogP contribution in [-0.4, -0.2) is 60.4 Å². The molecule has 8 heteroatoms. The third-order valence-electron chi connectivity index (χ3n) is 4.89. The quantitative estimate of drug-likeness (QED) is 0.325. The van der Waals surface area contributed by atoms with Crippen molar-refractivity contribution in [2.24, 2.45) is 4.99 Å². The fourth-order valence-corrected chi connectivity index (χ4v) is 4.75. The van der Waals surface area contributed by atoms with Crippen molar-refractivity contribution in [3.05, 3.63) is 30.1 Å². The van der Waals surface area contributed by atoms with Crippen molar-refractivity contribution in [3.8, 4) is 0 Å². The Balaban J connectivity index is 0.00000261. The van der Waals surface area contributed by atoms with Crippen LogP contribution < -0.4 is 15.5 Å². The molecule has 0 saturated carbocycles. The van der Waals surface area contributed by atoms with Gasteiger partial charge < -0.3 is 20.6 Å². The largest absolute Gasteiger partial charge is 0.387 e. The third-order valence-corrected chi connectivity index (χ3v) is 6.13. The second-order valence-electron chi connectivity index (χ2n) is 7.13. The first kappa shape index (κ1) is 22.5. The summed E-state index contributed by atoms with van der Waals surface area (Å²) in [6.07, 6.45) is 2.90. The Kier molecular flexibility index (Phi) is 8.94. The Labute approximate surface area is 182 Å². The van der Waals surface area contributed by atoms with Gasteiger partial charge in [0.15, 0.2) is 5.96 Å². The van der Waals surface area contributed by atoms with Gasteiger partial charge in [-0.1, -0.05) is 6.07 Å². The molecule has 1 aromatic rings. The second-order valence-corrected chi connectivity index (χ2v) is 8.24. The minimum absolute atomic E-state index is 0. The summed E-state index contributed by atoms with van der Waals surface area (Å²) in [4.78, 5) is 6.84. The number of piperidine rings is 1. The normalized spacial score (nSPS) is 25.8. The predicted molar refractivity (Wildman–Crippen MR) is 123 cm³/mol. The van der Waals surface area contributed by atoms with Gasteiger partial charge in [0.1, 0.15) is 5.82 Å². The van der Waals surface area contributed by atoms with Gasteiger partial charge in [0.25, 0.3) is 0 Å². The average Bonchev–Trinajstić information content (AvgIpc) is 3.07. The van der Waals surface area contributed by atoms with Crippen LogP contribution in [0.4, 0.5) is 10.1 Å². The van der Waals surface area contributed by atoms with E-state index in [0.29, 0.717) is 6.54 Å². The Morgan fingerprint density at radius 3 is 3.04 bits per heavy atom. The number of benzene rings is 1. The summed E-state index contributed by atoms with van der Waals surface area (Å²) in [7, 11) is 0. The molecule has 2 aliphatic heterocycles. The molecule has 1 aromatic carbocycles. The Morgan fingerprint density at radius 1 is 1.48 bits per heavy atom. The molecular weight excluding hydrogens is 478 g/mol. The average molecular weight is 508 g/mol. The van der Waals surface area contributed by atoms with Gasteiger partial charge in [0.2, 0.25) is 0 Å². The molecule has 2 unspecified atom stereocenters. The van der Waals surface area contributed by atoms with Crippen LogP contribution in [0.2, 0.25) is 0 Å². The maximum Gasteiger partial charge on any atom is 0.191 e. The van der Waals surface area contributed by atoms with E-state index in [4.69, 9.17) is 0 Å². The molecule has 2 aliphatic rings. The van der Waals surface area contributed by atoms with Crippen molar-refractivity contribution < 1.29 is 9.50 Å². The van der Waals surface area contributed by atoms with E-state index in [2.05, 4.69) is 20.5 Å². The monoisotopic (exact) mass is 508 g/mol. The van der Waals surface area contributed by atoms with Crippen LogP contribution in [0.3, 0.4) is 0 Å². The summed E-state index contributed by atoms with van der Waals surface area (Å²) >= 11 is 1.78. The van der Waals surface area contributed by atoms with Crippen LogP contribution in [-0.2, 0) is 0 Å². The lowest BCUT2D eigenvalue weighted by molar-refractivity contribution is 0.0778. The van der Waals surface area contributed by atoms with Gasteiger partial charge in [0.05, 0.1) is 12.1 Å². The number of aliphatic hydroxyl groups is 1. The lowest BCUT2D eigenvalue weighted by Gasteiger charge is -2.35. The topological polar surface area (TPSA) is 59.9 Å². The minimum Gasteiger partial charge on any atom is -0.387 e. The van der Waals surface area contributed by atoms with Gasteiger partial charge in [-0.3, -0.25) is 4.99 Å². The molecule has 3 N–H and O–H groups in total. The number of hydrogen-bond acceptors (Lipinski definition) is 4. The summed E-state index contributed by atoms with van der Waals surface area (Å²) in [5, 5.41) is 17.3. The molecule has 2 fully saturated rings. The van der Waals surface area contributed by atoms with Crippen molar-refractivity contribution in [1.82, 2.24) is 10.6 Å². The first-order chi connectivity index (χ1) is 12.6. The highest BCUT2D eigenvalue weighted by Gasteiger charge is 2.31. The molecule has 0 bridgehead atoms. The zero-order valence-electron chi connectivity index (χ0n) is 15.8. The molecule has 3 rings (SSSR count). The number of nitrogens with zero attached hydrogens (tertiary/aromatic N) is 2. The number of aliphatic imine (C=N–C) groups is 1. The van der Waals surface area contributed by atoms with E-state index in [-0.39, 0.29) is 35.8 Å². The fourth-order valence-electron chi connectivity index (χ4n) is 3.46. The number of guanidine groups is 1. The molecule has 5 nitrogen and oxygen atoms in total. The minimum atomic E-state index is -0.673. The van der Waals surface area contributed by atoms with Crippen molar-refractivity contribution in [3.63, 3.8) is 0 Å². The van der Waals surface area contributed by atoms with Gasteiger partial charge in [-0.25, -0.2) is 4.39 Å². The molecule has 2 atom stereocenters. The van der Waals surface area contributed by atoms with Crippen LogP contribution in [0.25, 0.3) is 0 Å². The molecule has 2 saturated heterocycles. The van der Waals surface area contributed by atoms with Gasteiger partial charge in [-0.15, -0.1) is 24.0 Å². The zero-order valence-corrected chi connectivity index (χ0v) is 18.9. The van der Waals surface area contributed by atoms with Crippen molar-refractivity contribution >= 4 is 47.4 Å². The lowest BCUT2D eigenvalue weighted by atomic mass is 10.0. The summed E-state index contributed by atoms with van der Waals surface area (Å²) in [6.45, 7) is 4.99. The van der Waals surface area contributed by atoms with E-state index in [0.717, 1.165) is 62.0 Å². The van der Waals surface area contributed by atoms with Crippen molar-refractivity contribution in [2.45, 2.75) is 37.8 Å². The summed E-state index contributed by atoms with van der Waals surface area (Å²) in [5.74, 6) is 2.31. The standard InChI is InChI=1S/C19H29FN4OS.HI/c1-2-21-18(22-13-19(25)8-10-26-14-19)23-16-6-4-9-24(12-16)17-7-3-5-15(20)11-17;/h3,5,7,11,16,25H,2,4,6,8-10,12-14H2,1H3,(H2,21,22,23);1H. The van der Waals surface area contributed by atoms with E-state index in [9.17, 15) is 9.50 Å². The van der Waals surface area contributed by atoms with Gasteiger partial charge in [-0.05, 0) is 50.1 Å². The van der Waals surface area contributed by atoms with E-state index < -0.39 is 5.60 Å². The van der Waals surface area contributed by atoms with E-state index in [1.54, 1.807) is 23.9 Å². The molecular formula is C19H30FIN4OS. The number of thioether (sulfide) groups is 1. The van der Waals surface area contributed by atoms with Crippen molar-refractivity contribution in [2.75, 3.05) is 42.6 Å². The molecule has 2 heterocycles. The van der Waals surface area contributed by atoms with Crippen LogP contribution >= 0.6 is 35.7 Å². The molecule has 0 aliphatic carbocycles. The molecule has 0 amide bonds. The zero-order chi connectivity index (χ0) is 18.4. The Bertz CT molecular complexity index is 627. The van der Waals surface area contributed by atoms with Crippen LogP contribution in [0.15, 0.2) is 29.3 Å². The summed E-state index contributed by atoms with van der Waals surface area (Å²) in [6, 6.07) is 7.03. The van der Waals surface area contributed by atoms with Crippen LogP contribution in [0, 0.1) is 5.82 Å². The first-order valence-corrected chi connectivity index (χ1v) is 10.6. The Morgan fingerprint density at radius 2 is 2.33 bits per heavy atom. The SMILES string of the molecule is CCNC(=NCC1(O)CCSC1)NC1CCCN(c2cccc(F)c2)C1.I. The molecule has 27 heavy (non-hydrogen) atoms. The molecule has 0 aromatic heterocycles. The van der Waals surface area contributed by atoms with E-state index in [1.165, 1.54) is 6.07 Å². The number of nitrogens with one attached hydrogen (secondary N) is 2. The highest BCUT2D eigenvalue weighted by molar-refractivity contribution is 14.0. The summed E-state index contributed by atoms with van der Waals surface area (Å²) in [5.41, 5.74) is 0.253. The second kappa shape index (κ2) is 10.7. The highest BCUT2D eigenvalue weighted by Crippen LogP contribution is 2.28. The smallest absolute Gasteiger partial charge is 0.191 e. The fraction of sp³-hybridized carbons (Fsp3) is 0.632. The maximum absolute atomic E-state index is 13.5. The number of anilines is 1. The van der Waals surface area contributed by atoms with Gasteiger partial charge >= 0.3 is 0 Å². The maximum atomic E-state index is 13.5. The Hall–Kier alpha value is -0.740.